The molecule has 14 heavy (non-hydrogen) atoms. The van der Waals surface area contributed by atoms with Crippen LogP contribution in [0.3, 0.4) is 0 Å². The molecule has 1 rings (SSSR count). The number of rotatable bonds is 4. The van der Waals surface area contributed by atoms with Crippen molar-refractivity contribution < 1.29 is 5.11 Å². The Labute approximate surface area is 103 Å². The summed E-state index contributed by atoms with van der Waals surface area (Å²) in [6.07, 6.45) is 3.39. The van der Waals surface area contributed by atoms with Crippen LogP contribution in [0.25, 0.3) is 0 Å². The number of hydrogen-bond donors (Lipinski definition) is 1. The van der Waals surface area contributed by atoms with Gasteiger partial charge in [-0.3, -0.25) is 0 Å². The quantitative estimate of drug-likeness (QED) is 0.615. The highest BCUT2D eigenvalue weighted by molar-refractivity contribution is 9.25. The van der Waals surface area contributed by atoms with E-state index in [-0.39, 0.29) is 8.65 Å². The largest absolute Gasteiger partial charge is 0.386 e. The number of halogens is 2. The zero-order valence-electron chi connectivity index (χ0n) is 8.98. The Hall–Kier alpha value is 0.660. The highest BCUT2D eigenvalue weighted by Crippen LogP contribution is 2.72. The van der Waals surface area contributed by atoms with Gasteiger partial charge in [0.15, 0.2) is 0 Å². The monoisotopic (exact) mass is 324 g/mol. The van der Waals surface area contributed by atoms with Crippen LogP contribution in [0, 0.1) is 11.3 Å². The smallest absolute Gasteiger partial charge is 0.0893 e. The average Bonchev–Trinajstić information content (AvgIpc) is 2.41. The minimum absolute atomic E-state index is 0.0598. The first kappa shape index (κ1) is 12.7. The summed E-state index contributed by atoms with van der Waals surface area (Å²) in [6, 6.07) is 0. The molecule has 1 N–H and O–H groups in total. The Bertz CT molecular complexity index is 230. The molecule has 1 saturated carbocycles. The molecule has 82 valence electrons. The summed E-state index contributed by atoms with van der Waals surface area (Å²) in [6.45, 7) is 9.89. The van der Waals surface area contributed by atoms with Crippen LogP contribution >= 0.6 is 31.9 Å². The zero-order chi connectivity index (χ0) is 11.2. The van der Waals surface area contributed by atoms with Gasteiger partial charge in [0.25, 0.3) is 0 Å². The summed E-state index contributed by atoms with van der Waals surface area (Å²) < 4.78 is 0.0598. The molecule has 0 radical (unpaired) electrons. The summed E-state index contributed by atoms with van der Waals surface area (Å²) in [5.74, 6) is 0.571. The van der Waals surface area contributed by atoms with Crippen molar-refractivity contribution in [2.45, 2.75) is 42.4 Å². The lowest BCUT2D eigenvalue weighted by Crippen LogP contribution is -2.20. The lowest BCUT2D eigenvalue weighted by molar-refractivity contribution is 0.0967. The maximum absolute atomic E-state index is 9.79. The third-order valence-corrected chi connectivity index (χ3v) is 6.61. The molecule has 1 fully saturated rings. The second-order valence-electron chi connectivity index (χ2n) is 5.00. The van der Waals surface area contributed by atoms with Gasteiger partial charge < -0.3 is 5.11 Å². The fraction of sp³-hybridized carbons (Fsp3) is 0.818. The molecule has 1 nitrogen and oxygen atoms in total. The van der Waals surface area contributed by atoms with Crippen LogP contribution in [-0.4, -0.2) is 13.9 Å². The van der Waals surface area contributed by atoms with E-state index in [9.17, 15) is 5.11 Å². The molecule has 2 atom stereocenters. The van der Waals surface area contributed by atoms with Gasteiger partial charge in [-0.05, 0) is 31.1 Å². The van der Waals surface area contributed by atoms with Crippen LogP contribution in [0.5, 0.6) is 0 Å². The third kappa shape index (κ3) is 2.10. The molecule has 0 spiro atoms. The van der Waals surface area contributed by atoms with Gasteiger partial charge in [-0.2, -0.15) is 0 Å². The van der Waals surface area contributed by atoms with Crippen LogP contribution in [-0.2, 0) is 0 Å². The van der Waals surface area contributed by atoms with Crippen molar-refractivity contribution >= 4 is 31.9 Å². The van der Waals surface area contributed by atoms with E-state index in [2.05, 4.69) is 52.3 Å². The van der Waals surface area contributed by atoms with Crippen molar-refractivity contribution in [1.29, 1.82) is 0 Å². The van der Waals surface area contributed by atoms with E-state index < -0.39 is 5.60 Å². The molecule has 0 heterocycles. The molecule has 1 aliphatic carbocycles. The van der Waals surface area contributed by atoms with E-state index in [1.54, 1.807) is 13.0 Å². The van der Waals surface area contributed by atoms with Gasteiger partial charge in [-0.1, -0.05) is 51.8 Å². The summed E-state index contributed by atoms with van der Waals surface area (Å²) >= 11 is 7.35. The van der Waals surface area contributed by atoms with E-state index in [1.807, 2.05) is 0 Å². The van der Waals surface area contributed by atoms with Crippen molar-refractivity contribution in [1.82, 2.24) is 0 Å². The first-order valence-electron chi connectivity index (χ1n) is 4.89. The second-order valence-corrected chi connectivity index (χ2v) is 8.56. The first-order chi connectivity index (χ1) is 6.15. The topological polar surface area (TPSA) is 20.2 Å². The van der Waals surface area contributed by atoms with E-state index in [0.29, 0.717) is 5.92 Å². The van der Waals surface area contributed by atoms with Crippen molar-refractivity contribution in [2.24, 2.45) is 11.3 Å². The standard InChI is InChI=1S/C11H18Br2O/c1-5-10(4,14)7-6-8-9(2,3)11(8,12)13/h5,8,14H,1,6-7H2,2-4H3. The molecule has 0 saturated heterocycles. The first-order valence-corrected chi connectivity index (χ1v) is 6.47. The molecule has 0 bridgehead atoms. The number of hydrogen-bond acceptors (Lipinski definition) is 1. The fourth-order valence-electron chi connectivity index (χ4n) is 1.84. The van der Waals surface area contributed by atoms with Crippen LogP contribution in [0.15, 0.2) is 12.7 Å². The molecule has 0 amide bonds. The molecular formula is C11H18Br2O. The highest BCUT2D eigenvalue weighted by Gasteiger charge is 2.68. The Balaban J connectivity index is 2.47. The maximum atomic E-state index is 9.79. The summed E-state index contributed by atoms with van der Waals surface area (Å²) in [5, 5.41) is 9.79. The Morgan fingerprint density at radius 2 is 1.93 bits per heavy atom. The molecule has 0 aromatic rings. The van der Waals surface area contributed by atoms with Gasteiger partial charge in [0.05, 0.1) is 8.83 Å². The minimum Gasteiger partial charge on any atom is -0.386 e. The van der Waals surface area contributed by atoms with E-state index in [1.165, 1.54) is 0 Å². The number of alkyl halides is 2. The molecular weight excluding hydrogens is 308 g/mol. The van der Waals surface area contributed by atoms with Gasteiger partial charge in [0.1, 0.15) is 0 Å². The van der Waals surface area contributed by atoms with E-state index in [4.69, 9.17) is 0 Å². The van der Waals surface area contributed by atoms with Crippen molar-refractivity contribution in [3.05, 3.63) is 12.7 Å². The normalized spacial score (nSPS) is 32.0. The third-order valence-electron chi connectivity index (χ3n) is 3.46. The Morgan fingerprint density at radius 1 is 1.50 bits per heavy atom. The predicted molar refractivity (Wildman–Crippen MR) is 67.9 cm³/mol. The Morgan fingerprint density at radius 3 is 2.21 bits per heavy atom. The molecule has 3 heteroatoms. The van der Waals surface area contributed by atoms with Crippen LogP contribution in [0.2, 0.25) is 0 Å². The predicted octanol–water partition coefficient (Wildman–Crippen LogP) is 3.85. The van der Waals surface area contributed by atoms with Gasteiger partial charge in [0, 0.05) is 0 Å². The maximum Gasteiger partial charge on any atom is 0.0893 e. The highest BCUT2D eigenvalue weighted by atomic mass is 79.9. The SMILES string of the molecule is C=CC(C)(O)CCC1C(C)(C)C1(Br)Br. The zero-order valence-corrected chi connectivity index (χ0v) is 12.2. The second kappa shape index (κ2) is 3.60. The Kier molecular flexibility index (Phi) is 3.27. The van der Waals surface area contributed by atoms with Gasteiger partial charge in [0.2, 0.25) is 0 Å². The molecule has 1 aliphatic rings. The van der Waals surface area contributed by atoms with Crippen molar-refractivity contribution in [2.75, 3.05) is 0 Å². The van der Waals surface area contributed by atoms with Gasteiger partial charge in [-0.25, -0.2) is 0 Å². The van der Waals surface area contributed by atoms with Gasteiger partial charge >= 0.3 is 0 Å². The fourth-order valence-corrected chi connectivity index (χ4v) is 3.76. The lowest BCUT2D eigenvalue weighted by atomic mass is 9.96. The van der Waals surface area contributed by atoms with Crippen LogP contribution < -0.4 is 0 Å². The van der Waals surface area contributed by atoms with Crippen molar-refractivity contribution in [3.8, 4) is 0 Å². The number of aliphatic hydroxyl groups is 1. The summed E-state index contributed by atoms with van der Waals surface area (Å²) in [7, 11) is 0. The summed E-state index contributed by atoms with van der Waals surface area (Å²) in [5.41, 5.74) is -0.459. The molecule has 0 aliphatic heterocycles. The minimum atomic E-state index is -0.727. The van der Waals surface area contributed by atoms with Crippen LogP contribution in [0.4, 0.5) is 0 Å². The molecule has 0 aromatic carbocycles. The summed E-state index contributed by atoms with van der Waals surface area (Å²) in [4.78, 5) is 0. The molecule has 0 aromatic heterocycles. The van der Waals surface area contributed by atoms with Crippen molar-refractivity contribution in [3.63, 3.8) is 0 Å². The average molecular weight is 326 g/mol. The van der Waals surface area contributed by atoms with Gasteiger partial charge in [-0.15, -0.1) is 6.58 Å². The molecule has 2 unspecified atom stereocenters. The van der Waals surface area contributed by atoms with Crippen LogP contribution in [0.1, 0.15) is 33.6 Å². The lowest BCUT2D eigenvalue weighted by Gasteiger charge is -2.18. The van der Waals surface area contributed by atoms with E-state index >= 15 is 0 Å². The van der Waals surface area contributed by atoms with E-state index in [0.717, 1.165) is 12.8 Å².